The van der Waals surface area contributed by atoms with E-state index in [1.54, 1.807) is 54.1 Å². The fourth-order valence-corrected chi connectivity index (χ4v) is 4.41. The molecule has 0 bridgehead atoms. The summed E-state index contributed by atoms with van der Waals surface area (Å²) in [5.74, 6) is 2.03. The zero-order valence-corrected chi connectivity index (χ0v) is 20.0. The second-order valence-electron chi connectivity index (χ2n) is 7.14. The number of hydrogen-bond acceptors (Lipinski definition) is 6. The largest absolute Gasteiger partial charge is 0.439 e. The van der Waals surface area contributed by atoms with Gasteiger partial charge < -0.3 is 4.74 Å². The van der Waals surface area contributed by atoms with E-state index in [9.17, 15) is 8.42 Å². The maximum absolute atomic E-state index is 12.5. The van der Waals surface area contributed by atoms with Gasteiger partial charge in [-0.2, -0.15) is 10.1 Å². The SMILES string of the molecule is Cc1cc(C)n(-c2cc(Oc3ccc(NS(=O)(=O)c4ccc(Br)cc4)cc3)nc(C)n2)n1. The van der Waals surface area contributed by atoms with Crippen LogP contribution in [0.5, 0.6) is 11.6 Å². The Bertz CT molecular complexity index is 1370. The number of anilines is 1. The molecule has 0 aliphatic heterocycles. The van der Waals surface area contributed by atoms with E-state index in [0.29, 0.717) is 29.0 Å². The zero-order chi connectivity index (χ0) is 22.9. The number of aryl methyl sites for hydroxylation is 3. The molecule has 2 heterocycles. The van der Waals surface area contributed by atoms with E-state index in [4.69, 9.17) is 4.74 Å². The highest BCUT2D eigenvalue weighted by Crippen LogP contribution is 2.25. The van der Waals surface area contributed by atoms with Crippen molar-refractivity contribution in [3.8, 4) is 17.4 Å². The van der Waals surface area contributed by atoms with Crippen molar-refractivity contribution in [3.63, 3.8) is 0 Å². The van der Waals surface area contributed by atoms with Crippen LogP contribution in [-0.2, 0) is 10.0 Å². The molecule has 1 N–H and O–H groups in total. The number of nitrogens with one attached hydrogen (secondary N) is 1. The van der Waals surface area contributed by atoms with Gasteiger partial charge in [-0.1, -0.05) is 15.9 Å². The van der Waals surface area contributed by atoms with Crippen molar-refractivity contribution in [2.24, 2.45) is 0 Å². The number of rotatable bonds is 6. The Kier molecular flexibility index (Phi) is 5.98. The topological polar surface area (TPSA) is 99.0 Å². The van der Waals surface area contributed by atoms with Crippen LogP contribution < -0.4 is 9.46 Å². The van der Waals surface area contributed by atoms with Gasteiger partial charge in [0.25, 0.3) is 10.0 Å². The van der Waals surface area contributed by atoms with E-state index in [1.807, 2.05) is 19.9 Å². The van der Waals surface area contributed by atoms with Crippen molar-refractivity contribution in [1.29, 1.82) is 0 Å². The molecule has 0 saturated carbocycles. The van der Waals surface area contributed by atoms with Crippen LogP contribution in [0.15, 0.2) is 70.0 Å². The molecule has 0 fully saturated rings. The smallest absolute Gasteiger partial charge is 0.261 e. The molecule has 2 aromatic heterocycles. The quantitative estimate of drug-likeness (QED) is 0.391. The van der Waals surface area contributed by atoms with Crippen LogP contribution in [0.4, 0.5) is 5.69 Å². The number of sulfonamides is 1. The van der Waals surface area contributed by atoms with Gasteiger partial charge in [0.1, 0.15) is 11.6 Å². The monoisotopic (exact) mass is 513 g/mol. The Balaban J connectivity index is 1.52. The molecule has 10 heteroatoms. The lowest BCUT2D eigenvalue weighted by molar-refractivity contribution is 0.459. The Hall–Kier alpha value is -3.24. The van der Waals surface area contributed by atoms with Crippen molar-refractivity contribution in [2.45, 2.75) is 25.7 Å². The summed E-state index contributed by atoms with van der Waals surface area (Å²) in [5, 5.41) is 4.45. The Morgan fingerprint density at radius 3 is 2.25 bits per heavy atom. The number of halogens is 1. The molecule has 0 radical (unpaired) electrons. The summed E-state index contributed by atoms with van der Waals surface area (Å²) in [7, 11) is -3.69. The Labute approximate surface area is 194 Å². The summed E-state index contributed by atoms with van der Waals surface area (Å²) in [4.78, 5) is 8.94. The van der Waals surface area contributed by atoms with Gasteiger partial charge in [0.15, 0.2) is 5.82 Å². The molecule has 0 aliphatic rings. The summed E-state index contributed by atoms with van der Waals surface area (Å²) in [5.41, 5.74) is 2.26. The predicted octanol–water partition coefficient (Wildman–Crippen LogP) is 4.94. The minimum atomic E-state index is -3.69. The first-order chi connectivity index (χ1) is 15.2. The standard InChI is InChI=1S/C22H20BrN5O3S/c1-14-12-15(2)28(26-14)21-13-22(25-16(3)24-21)31-19-8-6-18(7-9-19)27-32(29,30)20-10-4-17(23)5-11-20/h4-13,27H,1-3H3. The molecule has 0 amide bonds. The summed E-state index contributed by atoms with van der Waals surface area (Å²) >= 11 is 3.30. The van der Waals surface area contributed by atoms with Crippen LogP contribution in [0.3, 0.4) is 0 Å². The highest BCUT2D eigenvalue weighted by atomic mass is 79.9. The number of nitrogens with zero attached hydrogens (tertiary/aromatic N) is 4. The maximum Gasteiger partial charge on any atom is 0.261 e. The third-order valence-corrected chi connectivity index (χ3v) is 6.41. The molecule has 164 valence electrons. The molecule has 0 spiro atoms. The Morgan fingerprint density at radius 2 is 1.62 bits per heavy atom. The van der Waals surface area contributed by atoms with Crippen molar-refractivity contribution < 1.29 is 13.2 Å². The van der Waals surface area contributed by atoms with Gasteiger partial charge in [-0.05, 0) is 75.4 Å². The number of hydrogen-bond donors (Lipinski definition) is 1. The lowest BCUT2D eigenvalue weighted by atomic mass is 10.3. The van der Waals surface area contributed by atoms with Crippen molar-refractivity contribution in [2.75, 3.05) is 4.72 Å². The summed E-state index contributed by atoms with van der Waals surface area (Å²) < 4.78 is 36.1. The third kappa shape index (κ3) is 4.97. The van der Waals surface area contributed by atoms with E-state index >= 15 is 0 Å². The highest BCUT2D eigenvalue weighted by molar-refractivity contribution is 9.10. The molecule has 32 heavy (non-hydrogen) atoms. The van der Waals surface area contributed by atoms with Crippen LogP contribution in [0.2, 0.25) is 0 Å². The minimum absolute atomic E-state index is 0.175. The van der Waals surface area contributed by atoms with E-state index in [1.165, 1.54) is 12.1 Å². The Morgan fingerprint density at radius 1 is 0.938 bits per heavy atom. The van der Waals surface area contributed by atoms with E-state index in [2.05, 4.69) is 35.7 Å². The van der Waals surface area contributed by atoms with Gasteiger partial charge in [0.2, 0.25) is 5.88 Å². The third-order valence-electron chi connectivity index (χ3n) is 4.48. The fourth-order valence-electron chi connectivity index (χ4n) is 3.09. The molecule has 4 aromatic rings. The summed E-state index contributed by atoms with van der Waals surface area (Å²) in [6.45, 7) is 5.65. The summed E-state index contributed by atoms with van der Waals surface area (Å²) in [6.07, 6.45) is 0. The second kappa shape index (κ2) is 8.71. The average molecular weight is 514 g/mol. The zero-order valence-electron chi connectivity index (χ0n) is 17.6. The molecule has 4 rings (SSSR count). The first-order valence-corrected chi connectivity index (χ1v) is 11.9. The number of aromatic nitrogens is 4. The van der Waals surface area contributed by atoms with E-state index < -0.39 is 10.0 Å². The van der Waals surface area contributed by atoms with E-state index in [0.717, 1.165) is 15.9 Å². The van der Waals surface area contributed by atoms with Crippen LogP contribution >= 0.6 is 15.9 Å². The van der Waals surface area contributed by atoms with Crippen LogP contribution in [0.25, 0.3) is 5.82 Å². The number of ether oxygens (including phenoxy) is 1. The minimum Gasteiger partial charge on any atom is -0.439 e. The molecular weight excluding hydrogens is 494 g/mol. The number of benzene rings is 2. The van der Waals surface area contributed by atoms with Crippen LogP contribution in [0, 0.1) is 20.8 Å². The normalized spacial score (nSPS) is 11.4. The predicted molar refractivity (Wildman–Crippen MR) is 125 cm³/mol. The van der Waals surface area contributed by atoms with Crippen molar-refractivity contribution in [3.05, 3.63) is 82.3 Å². The molecule has 0 atom stereocenters. The fraction of sp³-hybridized carbons (Fsp3) is 0.136. The first-order valence-electron chi connectivity index (χ1n) is 9.65. The summed E-state index contributed by atoms with van der Waals surface area (Å²) in [6, 6.07) is 16.7. The van der Waals surface area contributed by atoms with Gasteiger partial charge in [-0.15, -0.1) is 0 Å². The second-order valence-corrected chi connectivity index (χ2v) is 9.73. The lowest BCUT2D eigenvalue weighted by Gasteiger charge is -2.11. The van der Waals surface area contributed by atoms with Gasteiger partial charge in [0, 0.05) is 21.9 Å². The van der Waals surface area contributed by atoms with Gasteiger partial charge >= 0.3 is 0 Å². The first kappa shape index (κ1) is 22.0. The van der Waals surface area contributed by atoms with Crippen LogP contribution in [0.1, 0.15) is 17.2 Å². The van der Waals surface area contributed by atoms with Gasteiger partial charge in [-0.3, -0.25) is 4.72 Å². The molecule has 0 aliphatic carbocycles. The van der Waals surface area contributed by atoms with Crippen LogP contribution in [-0.4, -0.2) is 28.2 Å². The maximum atomic E-state index is 12.5. The molecule has 2 aromatic carbocycles. The van der Waals surface area contributed by atoms with Crippen molar-refractivity contribution >= 4 is 31.6 Å². The molecular formula is C22H20BrN5O3S. The van der Waals surface area contributed by atoms with E-state index in [-0.39, 0.29) is 4.90 Å². The molecule has 0 saturated heterocycles. The van der Waals surface area contributed by atoms with Gasteiger partial charge in [-0.25, -0.2) is 18.1 Å². The van der Waals surface area contributed by atoms with Gasteiger partial charge in [0.05, 0.1) is 10.6 Å². The lowest BCUT2D eigenvalue weighted by Crippen LogP contribution is -2.12. The highest BCUT2D eigenvalue weighted by Gasteiger charge is 2.14. The average Bonchev–Trinajstić information content (AvgIpc) is 3.07. The molecule has 0 unspecified atom stereocenters. The van der Waals surface area contributed by atoms with Crippen molar-refractivity contribution in [1.82, 2.24) is 19.7 Å². The molecule has 8 nitrogen and oxygen atoms in total.